The summed E-state index contributed by atoms with van der Waals surface area (Å²) in [5.74, 6) is 0.882. The highest BCUT2D eigenvalue weighted by atomic mass is 16.5. The summed E-state index contributed by atoms with van der Waals surface area (Å²) < 4.78 is 6.23. The summed E-state index contributed by atoms with van der Waals surface area (Å²) in [4.78, 5) is 0. The van der Waals surface area contributed by atoms with Crippen molar-refractivity contribution in [2.75, 3.05) is 0 Å². The Bertz CT molecular complexity index is 256. The maximum Gasteiger partial charge on any atom is 0.0766 e. The number of rotatable bonds is 0. The monoisotopic (exact) mass is 178 g/mol. The molecule has 0 unspecified atom stereocenters. The maximum atomic E-state index is 6.23. The Morgan fingerprint density at radius 1 is 1.38 bits per heavy atom. The molecule has 13 heavy (non-hydrogen) atoms. The molecule has 72 valence electrons. The second-order valence-corrected chi connectivity index (χ2v) is 5.08. The lowest BCUT2D eigenvalue weighted by Crippen LogP contribution is -2.46. The van der Waals surface area contributed by atoms with E-state index in [1.165, 1.54) is 38.5 Å². The van der Waals surface area contributed by atoms with Crippen LogP contribution in [0.3, 0.4) is 0 Å². The van der Waals surface area contributed by atoms with Gasteiger partial charge in [-0.15, -0.1) is 0 Å². The molecule has 0 radical (unpaired) electrons. The van der Waals surface area contributed by atoms with Crippen LogP contribution in [0, 0.1) is 5.92 Å². The molecule has 2 heterocycles. The zero-order chi connectivity index (χ0) is 8.89. The van der Waals surface area contributed by atoms with Crippen LogP contribution in [0.15, 0.2) is 11.6 Å². The standard InChI is InChI=1S/C12H18O/c1-9-7-11-5-4-10-3-2-6-12(10,8-9)13-11/h7,10-11H,2-6,8H2,1H3/t10-,11+,12+/m1/s1. The molecule has 1 saturated carbocycles. The van der Waals surface area contributed by atoms with Crippen molar-refractivity contribution in [3.63, 3.8) is 0 Å². The maximum absolute atomic E-state index is 6.23. The molecule has 1 aliphatic carbocycles. The van der Waals surface area contributed by atoms with Gasteiger partial charge in [0.15, 0.2) is 0 Å². The van der Waals surface area contributed by atoms with E-state index in [1.807, 2.05) is 0 Å². The van der Waals surface area contributed by atoms with Gasteiger partial charge in [0.05, 0.1) is 11.7 Å². The van der Waals surface area contributed by atoms with E-state index in [0.29, 0.717) is 11.7 Å². The lowest BCUT2D eigenvalue weighted by Gasteiger charge is -2.46. The first kappa shape index (κ1) is 8.05. The molecule has 3 rings (SSSR count). The van der Waals surface area contributed by atoms with Gasteiger partial charge in [-0.1, -0.05) is 18.1 Å². The van der Waals surface area contributed by atoms with Crippen LogP contribution in [0.4, 0.5) is 0 Å². The minimum absolute atomic E-state index is 0.293. The summed E-state index contributed by atoms with van der Waals surface area (Å²) in [6, 6.07) is 0. The zero-order valence-electron chi connectivity index (χ0n) is 8.38. The molecule has 3 atom stereocenters. The summed E-state index contributed by atoms with van der Waals surface area (Å²) in [6.07, 6.45) is 10.8. The Hall–Kier alpha value is -0.300. The van der Waals surface area contributed by atoms with Crippen LogP contribution >= 0.6 is 0 Å². The van der Waals surface area contributed by atoms with Crippen LogP contribution in [0.2, 0.25) is 0 Å². The predicted octanol–water partition coefficient (Wildman–Crippen LogP) is 3.05. The zero-order valence-corrected chi connectivity index (χ0v) is 8.38. The summed E-state index contributed by atoms with van der Waals surface area (Å²) in [5, 5.41) is 0. The third-order valence-electron chi connectivity index (χ3n) is 4.13. The molecule has 1 heteroatoms. The van der Waals surface area contributed by atoms with E-state index in [2.05, 4.69) is 13.0 Å². The van der Waals surface area contributed by atoms with Crippen LogP contribution in [0.1, 0.15) is 45.4 Å². The van der Waals surface area contributed by atoms with E-state index in [0.717, 1.165) is 5.92 Å². The number of ether oxygens (including phenoxy) is 1. The second-order valence-electron chi connectivity index (χ2n) is 5.08. The average molecular weight is 178 g/mol. The van der Waals surface area contributed by atoms with Crippen molar-refractivity contribution in [1.82, 2.24) is 0 Å². The van der Waals surface area contributed by atoms with E-state index in [-0.39, 0.29) is 0 Å². The summed E-state index contributed by atoms with van der Waals surface area (Å²) in [5.41, 5.74) is 1.87. The molecule has 0 amide bonds. The first-order chi connectivity index (χ1) is 6.28. The fourth-order valence-corrected chi connectivity index (χ4v) is 3.64. The SMILES string of the molecule is CC1=C[C@@H]2CC[C@H]3CCC[C@@]3(C1)O2. The van der Waals surface area contributed by atoms with Crippen molar-refractivity contribution in [3.05, 3.63) is 11.6 Å². The molecule has 2 aliphatic heterocycles. The number of fused-ring (bicyclic) bond motifs is 1. The highest BCUT2D eigenvalue weighted by molar-refractivity contribution is 5.16. The molecule has 0 aromatic heterocycles. The van der Waals surface area contributed by atoms with Crippen molar-refractivity contribution >= 4 is 0 Å². The molecule has 0 N–H and O–H groups in total. The molecule has 0 aromatic carbocycles. The largest absolute Gasteiger partial charge is 0.367 e. The van der Waals surface area contributed by atoms with Gasteiger partial charge in [-0.2, -0.15) is 0 Å². The highest BCUT2D eigenvalue weighted by Gasteiger charge is 2.49. The van der Waals surface area contributed by atoms with Crippen molar-refractivity contribution < 1.29 is 4.74 Å². The Balaban J connectivity index is 1.97. The van der Waals surface area contributed by atoms with Gasteiger partial charge < -0.3 is 4.74 Å². The van der Waals surface area contributed by atoms with Gasteiger partial charge in [-0.3, -0.25) is 0 Å². The van der Waals surface area contributed by atoms with Crippen LogP contribution in [-0.4, -0.2) is 11.7 Å². The topological polar surface area (TPSA) is 9.23 Å². The fourth-order valence-electron chi connectivity index (χ4n) is 3.64. The Labute approximate surface area is 80.2 Å². The van der Waals surface area contributed by atoms with E-state index in [4.69, 9.17) is 4.74 Å². The summed E-state index contributed by atoms with van der Waals surface area (Å²) >= 11 is 0. The van der Waals surface area contributed by atoms with Gasteiger partial charge in [0.25, 0.3) is 0 Å². The van der Waals surface area contributed by atoms with Crippen LogP contribution in [0.25, 0.3) is 0 Å². The van der Waals surface area contributed by atoms with E-state index in [9.17, 15) is 0 Å². The predicted molar refractivity (Wildman–Crippen MR) is 52.6 cm³/mol. The Morgan fingerprint density at radius 2 is 2.31 bits per heavy atom. The average Bonchev–Trinajstić information content (AvgIpc) is 2.44. The number of hydrogen-bond acceptors (Lipinski definition) is 1. The molecule has 1 nitrogen and oxygen atoms in total. The first-order valence-corrected chi connectivity index (χ1v) is 5.64. The van der Waals surface area contributed by atoms with Gasteiger partial charge in [-0.25, -0.2) is 0 Å². The van der Waals surface area contributed by atoms with Crippen LogP contribution < -0.4 is 0 Å². The molecule has 1 spiro atoms. The minimum Gasteiger partial charge on any atom is -0.367 e. The van der Waals surface area contributed by atoms with Gasteiger partial charge >= 0.3 is 0 Å². The van der Waals surface area contributed by atoms with Gasteiger partial charge in [0.1, 0.15) is 0 Å². The van der Waals surface area contributed by atoms with E-state index in [1.54, 1.807) is 5.57 Å². The summed E-state index contributed by atoms with van der Waals surface area (Å²) in [7, 11) is 0. The number of hydrogen-bond donors (Lipinski definition) is 0. The van der Waals surface area contributed by atoms with Gasteiger partial charge in [-0.05, 0) is 44.9 Å². The normalized spacial score (nSPS) is 48.5. The van der Waals surface area contributed by atoms with E-state index < -0.39 is 0 Å². The van der Waals surface area contributed by atoms with Crippen molar-refractivity contribution in [2.45, 2.75) is 57.2 Å². The van der Waals surface area contributed by atoms with Crippen molar-refractivity contribution in [1.29, 1.82) is 0 Å². The molecular formula is C12H18O. The smallest absolute Gasteiger partial charge is 0.0766 e. The first-order valence-electron chi connectivity index (χ1n) is 5.64. The van der Waals surface area contributed by atoms with Crippen molar-refractivity contribution in [3.8, 4) is 0 Å². The van der Waals surface area contributed by atoms with Crippen LogP contribution in [0.5, 0.6) is 0 Å². The molecular weight excluding hydrogens is 160 g/mol. The Kier molecular flexibility index (Phi) is 1.61. The van der Waals surface area contributed by atoms with E-state index >= 15 is 0 Å². The third-order valence-corrected chi connectivity index (χ3v) is 4.13. The van der Waals surface area contributed by atoms with Crippen molar-refractivity contribution in [2.24, 2.45) is 5.92 Å². The quantitative estimate of drug-likeness (QED) is 0.518. The summed E-state index contributed by atoms with van der Waals surface area (Å²) in [6.45, 7) is 2.28. The third kappa shape index (κ3) is 1.10. The highest BCUT2D eigenvalue weighted by Crippen LogP contribution is 2.51. The molecule has 1 saturated heterocycles. The fraction of sp³-hybridized carbons (Fsp3) is 0.833. The molecule has 0 aromatic rings. The molecule has 3 aliphatic rings. The van der Waals surface area contributed by atoms with Gasteiger partial charge in [0, 0.05) is 0 Å². The van der Waals surface area contributed by atoms with Gasteiger partial charge in [0.2, 0.25) is 0 Å². The lowest BCUT2D eigenvalue weighted by molar-refractivity contribution is -0.140. The molecule has 2 bridgehead atoms. The second kappa shape index (κ2) is 2.60. The lowest BCUT2D eigenvalue weighted by atomic mass is 9.76. The molecule has 2 fully saturated rings. The van der Waals surface area contributed by atoms with Crippen LogP contribution in [-0.2, 0) is 4.74 Å². The minimum atomic E-state index is 0.293. The Morgan fingerprint density at radius 3 is 3.23 bits per heavy atom.